The summed E-state index contributed by atoms with van der Waals surface area (Å²) in [5.41, 5.74) is 7.37. The number of aliphatic imine (C=N–C) groups is 1. The normalized spacial score (nSPS) is 12.4. The van der Waals surface area contributed by atoms with Crippen molar-refractivity contribution in [2.45, 2.75) is 46.7 Å². The highest BCUT2D eigenvalue weighted by molar-refractivity contribution is 14.0. The van der Waals surface area contributed by atoms with Crippen LogP contribution in [0.15, 0.2) is 23.2 Å². The molecule has 0 aliphatic carbocycles. The molecule has 156 valence electrons. The molecule has 1 aromatic heterocycles. The summed E-state index contributed by atoms with van der Waals surface area (Å²) in [6, 6.07) is 6.79. The quantitative estimate of drug-likeness (QED) is 0.365. The van der Waals surface area contributed by atoms with E-state index in [-0.39, 0.29) is 30.0 Å². The predicted octanol–water partition coefficient (Wildman–Crippen LogP) is 3.33. The van der Waals surface area contributed by atoms with Crippen LogP contribution in [-0.2, 0) is 20.0 Å². The minimum atomic E-state index is 0. The van der Waals surface area contributed by atoms with Gasteiger partial charge in [0.15, 0.2) is 5.96 Å². The maximum Gasteiger partial charge on any atom is 0.191 e. The van der Waals surface area contributed by atoms with Crippen LogP contribution in [0.2, 0.25) is 0 Å². The van der Waals surface area contributed by atoms with Gasteiger partial charge in [0.1, 0.15) is 0 Å². The Bertz CT molecular complexity index is 809. The Balaban J connectivity index is 0.00000392. The van der Waals surface area contributed by atoms with Gasteiger partial charge in [0.25, 0.3) is 0 Å². The van der Waals surface area contributed by atoms with Crippen LogP contribution in [0.1, 0.15) is 35.0 Å². The number of halogens is 1. The molecule has 6 nitrogen and oxygen atoms in total. The number of guanidine groups is 1. The molecule has 0 saturated heterocycles. The van der Waals surface area contributed by atoms with E-state index in [2.05, 4.69) is 85.6 Å². The SMILES string of the molecule is CN=C(NCc1ccc(C)cc1N(C)C)NC(C)Cc1c(C)nn(C)c1C.I. The van der Waals surface area contributed by atoms with E-state index in [4.69, 9.17) is 0 Å². The van der Waals surface area contributed by atoms with Crippen LogP contribution in [0.5, 0.6) is 0 Å². The summed E-state index contributed by atoms with van der Waals surface area (Å²) in [4.78, 5) is 6.54. The van der Waals surface area contributed by atoms with E-state index in [1.165, 1.54) is 28.1 Å². The molecule has 0 fully saturated rings. The number of aromatic nitrogens is 2. The first-order valence-corrected chi connectivity index (χ1v) is 9.46. The number of aryl methyl sites for hydroxylation is 3. The molecule has 0 spiro atoms. The average molecular weight is 498 g/mol. The number of hydrogen-bond donors (Lipinski definition) is 2. The van der Waals surface area contributed by atoms with Crippen molar-refractivity contribution >= 4 is 35.6 Å². The molecular formula is C21H35IN6. The van der Waals surface area contributed by atoms with Crippen LogP contribution >= 0.6 is 24.0 Å². The van der Waals surface area contributed by atoms with Gasteiger partial charge in [-0.1, -0.05) is 12.1 Å². The third-order valence-electron chi connectivity index (χ3n) is 4.94. The first-order chi connectivity index (χ1) is 12.7. The fraction of sp³-hybridized carbons (Fsp3) is 0.524. The van der Waals surface area contributed by atoms with Crippen molar-refractivity contribution in [1.29, 1.82) is 0 Å². The molecule has 0 amide bonds. The van der Waals surface area contributed by atoms with Gasteiger partial charge in [-0.3, -0.25) is 9.67 Å². The van der Waals surface area contributed by atoms with Crippen LogP contribution in [0.4, 0.5) is 5.69 Å². The lowest BCUT2D eigenvalue weighted by Gasteiger charge is -2.21. The van der Waals surface area contributed by atoms with E-state index in [9.17, 15) is 0 Å². The molecule has 1 aromatic carbocycles. The lowest BCUT2D eigenvalue weighted by atomic mass is 10.1. The Hall–Kier alpha value is -1.77. The van der Waals surface area contributed by atoms with Crippen LogP contribution in [-0.4, -0.2) is 42.9 Å². The Labute approximate surface area is 186 Å². The molecule has 2 N–H and O–H groups in total. The van der Waals surface area contributed by atoms with Gasteiger partial charge in [0.05, 0.1) is 5.69 Å². The van der Waals surface area contributed by atoms with Gasteiger partial charge in [-0.25, -0.2) is 0 Å². The smallest absolute Gasteiger partial charge is 0.191 e. The lowest BCUT2D eigenvalue weighted by Crippen LogP contribution is -2.43. The zero-order valence-electron chi connectivity index (χ0n) is 18.4. The molecule has 2 aromatic rings. The monoisotopic (exact) mass is 498 g/mol. The maximum atomic E-state index is 4.51. The van der Waals surface area contributed by atoms with Crippen molar-refractivity contribution in [2.75, 3.05) is 26.0 Å². The Kier molecular flexibility index (Phi) is 9.26. The van der Waals surface area contributed by atoms with Crippen molar-refractivity contribution in [2.24, 2.45) is 12.0 Å². The average Bonchev–Trinajstić information content (AvgIpc) is 2.85. The second-order valence-corrected chi connectivity index (χ2v) is 7.47. The topological polar surface area (TPSA) is 57.5 Å². The van der Waals surface area contributed by atoms with Crippen LogP contribution < -0.4 is 15.5 Å². The van der Waals surface area contributed by atoms with E-state index < -0.39 is 0 Å². The molecule has 1 heterocycles. The van der Waals surface area contributed by atoms with Gasteiger partial charge in [-0.05, 0) is 56.9 Å². The minimum Gasteiger partial charge on any atom is -0.377 e. The fourth-order valence-corrected chi connectivity index (χ4v) is 3.32. The van der Waals surface area contributed by atoms with Gasteiger partial charge in [0, 0.05) is 52.2 Å². The molecule has 1 atom stereocenters. The number of nitrogens with one attached hydrogen (secondary N) is 2. The van der Waals surface area contributed by atoms with Crippen molar-refractivity contribution in [1.82, 2.24) is 20.4 Å². The molecule has 0 bridgehead atoms. The van der Waals surface area contributed by atoms with Gasteiger partial charge in [0.2, 0.25) is 0 Å². The summed E-state index contributed by atoms with van der Waals surface area (Å²) in [5, 5.41) is 11.5. The molecule has 0 saturated carbocycles. The van der Waals surface area contributed by atoms with E-state index in [1.807, 2.05) is 18.8 Å². The predicted molar refractivity (Wildman–Crippen MR) is 130 cm³/mol. The highest BCUT2D eigenvalue weighted by atomic mass is 127. The molecule has 2 rings (SSSR count). The first-order valence-electron chi connectivity index (χ1n) is 9.46. The summed E-state index contributed by atoms with van der Waals surface area (Å²) < 4.78 is 1.95. The minimum absolute atomic E-state index is 0. The van der Waals surface area contributed by atoms with Gasteiger partial charge in [-0.15, -0.1) is 24.0 Å². The summed E-state index contributed by atoms with van der Waals surface area (Å²) in [5.74, 6) is 0.812. The zero-order chi connectivity index (χ0) is 20.1. The number of rotatable bonds is 6. The van der Waals surface area contributed by atoms with E-state index in [0.29, 0.717) is 0 Å². The maximum absolute atomic E-state index is 4.51. The van der Waals surface area contributed by atoms with Gasteiger partial charge in [-0.2, -0.15) is 5.10 Å². The Morgan fingerprint density at radius 3 is 2.46 bits per heavy atom. The molecule has 1 unspecified atom stereocenters. The van der Waals surface area contributed by atoms with E-state index in [0.717, 1.165) is 24.6 Å². The van der Waals surface area contributed by atoms with E-state index in [1.54, 1.807) is 0 Å². The van der Waals surface area contributed by atoms with Crippen molar-refractivity contribution in [3.63, 3.8) is 0 Å². The van der Waals surface area contributed by atoms with Crippen LogP contribution in [0.25, 0.3) is 0 Å². The third-order valence-corrected chi connectivity index (χ3v) is 4.94. The van der Waals surface area contributed by atoms with Crippen molar-refractivity contribution in [3.8, 4) is 0 Å². The number of hydrogen-bond acceptors (Lipinski definition) is 3. The fourth-order valence-electron chi connectivity index (χ4n) is 3.32. The molecule has 28 heavy (non-hydrogen) atoms. The molecule has 0 aliphatic heterocycles. The first kappa shape index (κ1) is 24.3. The summed E-state index contributed by atoms with van der Waals surface area (Å²) in [6.45, 7) is 9.22. The standard InChI is InChI=1S/C21H34N6.HI/c1-14-9-10-18(20(11-14)26(6)7)13-23-21(22-5)24-15(2)12-19-16(3)25-27(8)17(19)4;/h9-11,15H,12-13H2,1-8H3,(H2,22,23,24);1H. The molecule has 7 heteroatoms. The lowest BCUT2D eigenvalue weighted by molar-refractivity contribution is 0.635. The largest absolute Gasteiger partial charge is 0.377 e. The highest BCUT2D eigenvalue weighted by Gasteiger charge is 2.14. The Morgan fingerprint density at radius 2 is 1.93 bits per heavy atom. The molecule has 0 radical (unpaired) electrons. The second kappa shape index (κ2) is 10.7. The second-order valence-electron chi connectivity index (χ2n) is 7.47. The number of anilines is 1. The molecular weight excluding hydrogens is 463 g/mol. The summed E-state index contributed by atoms with van der Waals surface area (Å²) in [6.07, 6.45) is 0.916. The number of nitrogens with zero attached hydrogens (tertiary/aromatic N) is 4. The molecule has 0 aliphatic rings. The van der Waals surface area contributed by atoms with Gasteiger partial charge < -0.3 is 15.5 Å². The van der Waals surface area contributed by atoms with Gasteiger partial charge >= 0.3 is 0 Å². The summed E-state index contributed by atoms with van der Waals surface area (Å²) in [7, 11) is 7.96. The number of benzene rings is 1. The summed E-state index contributed by atoms with van der Waals surface area (Å²) >= 11 is 0. The van der Waals surface area contributed by atoms with E-state index >= 15 is 0 Å². The van der Waals surface area contributed by atoms with Crippen LogP contribution in [0.3, 0.4) is 0 Å². The van der Waals surface area contributed by atoms with Crippen molar-refractivity contribution < 1.29 is 0 Å². The Morgan fingerprint density at radius 1 is 1.25 bits per heavy atom. The highest BCUT2D eigenvalue weighted by Crippen LogP contribution is 2.20. The zero-order valence-corrected chi connectivity index (χ0v) is 20.8. The third kappa shape index (κ3) is 6.12. The van der Waals surface area contributed by atoms with Crippen LogP contribution in [0, 0.1) is 20.8 Å². The van der Waals surface area contributed by atoms with Crippen molar-refractivity contribution in [3.05, 3.63) is 46.3 Å².